The second-order valence-corrected chi connectivity index (χ2v) is 8.64. The van der Waals surface area contributed by atoms with E-state index in [0.717, 1.165) is 11.8 Å². The first-order chi connectivity index (χ1) is 7.64. The summed E-state index contributed by atoms with van der Waals surface area (Å²) >= 11 is 0. The molecule has 1 N–H and O–H groups in total. The predicted molar refractivity (Wildman–Crippen MR) is 75.1 cm³/mol. The molecule has 2 atom stereocenters. The highest BCUT2D eigenvalue weighted by Crippen LogP contribution is 2.53. The van der Waals surface area contributed by atoms with Crippen LogP contribution in [0.1, 0.15) is 67.2 Å². The van der Waals surface area contributed by atoms with Crippen molar-refractivity contribution in [3.05, 3.63) is 0 Å². The maximum atomic E-state index is 3.84. The van der Waals surface area contributed by atoms with Crippen molar-refractivity contribution in [3.63, 3.8) is 0 Å². The van der Waals surface area contributed by atoms with Crippen LogP contribution in [-0.2, 0) is 0 Å². The van der Waals surface area contributed by atoms with Crippen molar-refractivity contribution in [2.24, 2.45) is 22.7 Å². The van der Waals surface area contributed by atoms with Gasteiger partial charge < -0.3 is 5.32 Å². The third-order valence-corrected chi connectivity index (χ3v) is 5.13. The van der Waals surface area contributed by atoms with Gasteiger partial charge in [-0.15, -0.1) is 0 Å². The molecular weight excluding hydrogens is 206 g/mol. The van der Waals surface area contributed by atoms with Gasteiger partial charge >= 0.3 is 0 Å². The zero-order valence-electron chi connectivity index (χ0n) is 12.7. The fraction of sp³-hybridized carbons (Fsp3) is 1.00. The molecule has 100 valence electrons. The summed E-state index contributed by atoms with van der Waals surface area (Å²) in [5.41, 5.74) is 1.43. The normalized spacial score (nSPS) is 33.5. The van der Waals surface area contributed by atoms with Crippen LogP contribution < -0.4 is 5.32 Å². The third-order valence-electron chi connectivity index (χ3n) is 5.13. The van der Waals surface area contributed by atoms with E-state index >= 15 is 0 Å². The quantitative estimate of drug-likeness (QED) is 0.665. The maximum absolute atomic E-state index is 3.84. The molecule has 1 aliphatic heterocycles. The summed E-state index contributed by atoms with van der Waals surface area (Å²) in [6.07, 6.45) is 5.58. The summed E-state index contributed by atoms with van der Waals surface area (Å²) in [7, 11) is 0. The molecule has 0 radical (unpaired) electrons. The van der Waals surface area contributed by atoms with Gasteiger partial charge in [-0.3, -0.25) is 0 Å². The Hall–Kier alpha value is -0.0400. The highest BCUT2D eigenvalue weighted by molar-refractivity contribution is 5.07. The van der Waals surface area contributed by atoms with Gasteiger partial charge in [0.2, 0.25) is 0 Å². The van der Waals surface area contributed by atoms with Crippen molar-refractivity contribution in [1.82, 2.24) is 5.32 Å². The van der Waals surface area contributed by atoms with E-state index in [4.69, 9.17) is 0 Å². The molecule has 1 heterocycles. The van der Waals surface area contributed by atoms with Crippen LogP contribution in [0.2, 0.25) is 0 Å². The minimum absolute atomic E-state index is 0.444. The second-order valence-electron chi connectivity index (χ2n) is 8.64. The van der Waals surface area contributed by atoms with Crippen molar-refractivity contribution in [2.75, 3.05) is 6.54 Å². The Labute approximate surface area is 108 Å². The van der Waals surface area contributed by atoms with Gasteiger partial charge in [0.15, 0.2) is 0 Å². The van der Waals surface area contributed by atoms with Gasteiger partial charge in [-0.1, -0.05) is 41.5 Å². The van der Waals surface area contributed by atoms with Crippen LogP contribution in [0.15, 0.2) is 0 Å². The van der Waals surface area contributed by atoms with Gasteiger partial charge in [0.05, 0.1) is 0 Å². The van der Waals surface area contributed by atoms with Gasteiger partial charge in [0.25, 0.3) is 0 Å². The van der Waals surface area contributed by atoms with Gasteiger partial charge in [0.1, 0.15) is 0 Å². The van der Waals surface area contributed by atoms with E-state index in [1.165, 1.54) is 32.2 Å². The molecule has 2 aliphatic rings. The lowest BCUT2D eigenvalue weighted by Gasteiger charge is -2.43. The minimum Gasteiger partial charge on any atom is -0.311 e. The van der Waals surface area contributed by atoms with Gasteiger partial charge in [-0.05, 0) is 54.9 Å². The highest BCUT2D eigenvalue weighted by atomic mass is 15.0. The summed E-state index contributed by atoms with van der Waals surface area (Å²) < 4.78 is 0. The molecule has 2 unspecified atom stereocenters. The molecule has 17 heavy (non-hydrogen) atoms. The Morgan fingerprint density at radius 2 is 1.41 bits per heavy atom. The molecule has 2 fully saturated rings. The first kappa shape index (κ1) is 13.4. The summed E-state index contributed by atoms with van der Waals surface area (Å²) in [5.74, 6) is 1.72. The zero-order valence-corrected chi connectivity index (χ0v) is 12.7. The van der Waals surface area contributed by atoms with Crippen LogP contribution in [0.4, 0.5) is 0 Å². The highest BCUT2D eigenvalue weighted by Gasteiger charge is 2.50. The lowest BCUT2D eigenvalue weighted by atomic mass is 9.61. The third kappa shape index (κ3) is 2.86. The molecular formula is C16H31N. The van der Waals surface area contributed by atoms with Crippen LogP contribution in [-0.4, -0.2) is 12.1 Å². The topological polar surface area (TPSA) is 12.0 Å². The molecule has 0 amide bonds. The van der Waals surface area contributed by atoms with Crippen LogP contribution >= 0.6 is 0 Å². The molecule has 0 bridgehead atoms. The molecule has 1 nitrogen and oxygen atoms in total. The summed E-state index contributed by atoms with van der Waals surface area (Å²) in [5, 5.41) is 3.84. The number of nitrogens with one attached hydrogen (secondary N) is 1. The molecule has 0 aromatic heterocycles. The van der Waals surface area contributed by atoms with Crippen LogP contribution in [0.5, 0.6) is 0 Å². The maximum Gasteiger partial charge on any atom is 0.0185 e. The molecule has 1 saturated carbocycles. The Kier molecular flexibility index (Phi) is 3.14. The SMILES string of the molecule is CC(C)(C)C1CCNC2(CC2)CC1C(C)(C)C. The lowest BCUT2D eigenvalue weighted by molar-refractivity contribution is 0.0620. The van der Waals surface area contributed by atoms with Crippen LogP contribution in [0, 0.1) is 22.7 Å². The monoisotopic (exact) mass is 237 g/mol. The fourth-order valence-corrected chi connectivity index (χ4v) is 3.81. The van der Waals surface area contributed by atoms with E-state index in [-0.39, 0.29) is 0 Å². The average Bonchev–Trinajstić information content (AvgIpc) is 2.90. The summed E-state index contributed by atoms with van der Waals surface area (Å²) in [4.78, 5) is 0. The molecule has 0 aromatic carbocycles. The predicted octanol–water partition coefficient (Wildman–Crippen LogP) is 4.23. The Bertz CT molecular complexity index is 275. The zero-order chi connectivity index (χ0) is 12.9. The number of hydrogen-bond donors (Lipinski definition) is 1. The Morgan fingerprint density at radius 3 is 1.82 bits per heavy atom. The van der Waals surface area contributed by atoms with E-state index in [2.05, 4.69) is 46.9 Å². The largest absolute Gasteiger partial charge is 0.311 e. The van der Waals surface area contributed by atoms with Gasteiger partial charge in [0, 0.05) is 5.54 Å². The average molecular weight is 237 g/mol. The van der Waals surface area contributed by atoms with Crippen molar-refractivity contribution in [2.45, 2.75) is 72.8 Å². The Balaban J connectivity index is 2.24. The molecule has 0 aromatic rings. The summed E-state index contributed by atoms with van der Waals surface area (Å²) in [6.45, 7) is 15.9. The van der Waals surface area contributed by atoms with Crippen molar-refractivity contribution < 1.29 is 0 Å². The van der Waals surface area contributed by atoms with Gasteiger partial charge in [-0.2, -0.15) is 0 Å². The van der Waals surface area contributed by atoms with Crippen LogP contribution in [0.3, 0.4) is 0 Å². The molecule has 1 heteroatoms. The number of rotatable bonds is 0. The first-order valence-corrected chi connectivity index (χ1v) is 7.39. The smallest absolute Gasteiger partial charge is 0.0185 e. The fourth-order valence-electron chi connectivity index (χ4n) is 3.81. The molecule has 1 aliphatic carbocycles. The lowest BCUT2D eigenvalue weighted by Crippen LogP contribution is -2.38. The van der Waals surface area contributed by atoms with E-state index in [0.29, 0.717) is 16.4 Å². The van der Waals surface area contributed by atoms with E-state index in [1.807, 2.05) is 0 Å². The van der Waals surface area contributed by atoms with Crippen molar-refractivity contribution in [1.29, 1.82) is 0 Å². The van der Waals surface area contributed by atoms with Crippen molar-refractivity contribution >= 4 is 0 Å². The van der Waals surface area contributed by atoms with E-state index in [9.17, 15) is 0 Å². The van der Waals surface area contributed by atoms with E-state index in [1.54, 1.807) is 0 Å². The van der Waals surface area contributed by atoms with Crippen LogP contribution in [0.25, 0.3) is 0 Å². The first-order valence-electron chi connectivity index (χ1n) is 7.39. The summed E-state index contributed by atoms with van der Waals surface area (Å²) in [6, 6.07) is 0. The van der Waals surface area contributed by atoms with E-state index < -0.39 is 0 Å². The van der Waals surface area contributed by atoms with Crippen molar-refractivity contribution in [3.8, 4) is 0 Å². The van der Waals surface area contributed by atoms with Gasteiger partial charge in [-0.25, -0.2) is 0 Å². The second kappa shape index (κ2) is 3.98. The number of hydrogen-bond acceptors (Lipinski definition) is 1. The minimum atomic E-state index is 0.444. The Morgan fingerprint density at radius 1 is 0.882 bits per heavy atom. The molecule has 1 saturated heterocycles. The molecule has 2 rings (SSSR count). The standard InChI is InChI=1S/C16H31N/c1-14(2,3)12-7-10-17-16(8-9-16)11-13(12)15(4,5)6/h12-13,17H,7-11H2,1-6H3. The molecule has 1 spiro atoms.